The van der Waals surface area contributed by atoms with E-state index in [0.29, 0.717) is 6.42 Å². The molecule has 0 fully saturated rings. The highest BCUT2D eigenvalue weighted by molar-refractivity contribution is 7.99. The first-order valence-electron chi connectivity index (χ1n) is 7.15. The molecule has 0 unspecified atom stereocenters. The normalized spacial score (nSPS) is 10.9. The number of unbranched alkanes of at least 4 members (excludes halogenated alkanes) is 2. The van der Waals surface area contributed by atoms with Crippen LogP contribution in [0.2, 0.25) is 0 Å². The lowest BCUT2D eigenvalue weighted by Gasteiger charge is -2.10. The van der Waals surface area contributed by atoms with Gasteiger partial charge in [0.1, 0.15) is 0 Å². The molecule has 0 heterocycles. The van der Waals surface area contributed by atoms with Gasteiger partial charge in [0.2, 0.25) is 5.91 Å². The number of amides is 1. The van der Waals surface area contributed by atoms with Crippen molar-refractivity contribution in [1.82, 2.24) is 10.2 Å². The van der Waals surface area contributed by atoms with Crippen LogP contribution in [0, 0.1) is 0 Å². The predicted octanol–water partition coefficient (Wildman–Crippen LogP) is 1.99. The van der Waals surface area contributed by atoms with E-state index in [9.17, 15) is 4.79 Å². The molecular weight excluding hydrogens is 260 g/mol. The molecule has 5 heteroatoms. The van der Waals surface area contributed by atoms with Crippen molar-refractivity contribution < 1.29 is 9.53 Å². The molecule has 4 nitrogen and oxygen atoms in total. The van der Waals surface area contributed by atoms with Crippen LogP contribution >= 0.6 is 11.8 Å². The first kappa shape index (κ1) is 18.7. The molecule has 1 N–H and O–H groups in total. The van der Waals surface area contributed by atoms with Crippen LogP contribution in [0.15, 0.2) is 0 Å². The van der Waals surface area contributed by atoms with Crippen molar-refractivity contribution in [3.63, 3.8) is 0 Å². The standard InChI is InChI=1S/C14H30N2O2S/c1-16(2)10-9-15-14(17)8-5-4-6-12-19-13-7-11-18-3/h4-13H2,1-3H3,(H,15,17). The van der Waals surface area contributed by atoms with Crippen molar-refractivity contribution >= 4 is 17.7 Å². The second-order valence-corrected chi connectivity index (χ2v) is 6.15. The molecule has 0 aromatic rings. The fraction of sp³-hybridized carbons (Fsp3) is 0.929. The van der Waals surface area contributed by atoms with Gasteiger partial charge in [0.25, 0.3) is 0 Å². The Morgan fingerprint density at radius 2 is 1.89 bits per heavy atom. The maximum Gasteiger partial charge on any atom is 0.220 e. The SMILES string of the molecule is COCCCSCCCCCC(=O)NCCN(C)C. The number of methoxy groups -OCH3 is 1. The summed E-state index contributed by atoms with van der Waals surface area (Å²) in [4.78, 5) is 13.6. The maximum absolute atomic E-state index is 11.5. The number of rotatable bonds is 13. The van der Waals surface area contributed by atoms with E-state index >= 15 is 0 Å². The fourth-order valence-corrected chi connectivity index (χ4v) is 2.52. The van der Waals surface area contributed by atoms with Crippen molar-refractivity contribution in [2.45, 2.75) is 32.1 Å². The van der Waals surface area contributed by atoms with Crippen molar-refractivity contribution in [1.29, 1.82) is 0 Å². The van der Waals surface area contributed by atoms with E-state index in [1.165, 1.54) is 17.9 Å². The van der Waals surface area contributed by atoms with Gasteiger partial charge in [0.05, 0.1) is 0 Å². The molecule has 0 rings (SSSR count). The molecule has 0 atom stereocenters. The van der Waals surface area contributed by atoms with E-state index < -0.39 is 0 Å². The van der Waals surface area contributed by atoms with Crippen molar-refractivity contribution in [3.05, 3.63) is 0 Å². The number of ether oxygens (including phenoxy) is 1. The molecule has 0 bridgehead atoms. The molecule has 114 valence electrons. The average Bonchev–Trinajstić information content (AvgIpc) is 2.36. The lowest BCUT2D eigenvalue weighted by Crippen LogP contribution is -2.31. The highest BCUT2D eigenvalue weighted by Gasteiger charge is 2.00. The van der Waals surface area contributed by atoms with Gasteiger partial charge in [-0.1, -0.05) is 6.42 Å². The Hall–Kier alpha value is -0.260. The van der Waals surface area contributed by atoms with E-state index in [0.717, 1.165) is 39.0 Å². The third-order valence-electron chi connectivity index (χ3n) is 2.71. The van der Waals surface area contributed by atoms with E-state index in [1.54, 1.807) is 7.11 Å². The minimum atomic E-state index is 0.189. The molecule has 0 aliphatic rings. The van der Waals surface area contributed by atoms with Crippen LogP contribution < -0.4 is 5.32 Å². The molecule has 0 aliphatic heterocycles. The first-order chi connectivity index (χ1) is 9.16. The summed E-state index contributed by atoms with van der Waals surface area (Å²) >= 11 is 1.98. The van der Waals surface area contributed by atoms with E-state index in [4.69, 9.17) is 4.74 Å². The third kappa shape index (κ3) is 15.7. The molecule has 0 aliphatic carbocycles. The van der Waals surface area contributed by atoms with Crippen LogP contribution in [0.1, 0.15) is 32.1 Å². The van der Waals surface area contributed by atoms with Gasteiger partial charge in [-0.2, -0.15) is 11.8 Å². The van der Waals surface area contributed by atoms with Gasteiger partial charge >= 0.3 is 0 Å². The Bertz CT molecular complexity index is 214. The summed E-state index contributed by atoms with van der Waals surface area (Å²) in [5.41, 5.74) is 0. The van der Waals surface area contributed by atoms with Crippen molar-refractivity contribution in [2.24, 2.45) is 0 Å². The van der Waals surface area contributed by atoms with Crippen LogP contribution in [0.3, 0.4) is 0 Å². The number of carbonyl (C=O) groups is 1. The molecule has 0 spiro atoms. The predicted molar refractivity (Wildman–Crippen MR) is 83.8 cm³/mol. The summed E-state index contributed by atoms with van der Waals surface area (Å²) in [5, 5.41) is 2.94. The molecule has 0 saturated carbocycles. The molecule has 0 aromatic carbocycles. The summed E-state index contributed by atoms with van der Waals surface area (Å²) in [7, 11) is 5.77. The smallest absolute Gasteiger partial charge is 0.220 e. The Morgan fingerprint density at radius 1 is 1.16 bits per heavy atom. The van der Waals surface area contributed by atoms with Crippen molar-refractivity contribution in [2.75, 3.05) is 52.4 Å². The van der Waals surface area contributed by atoms with Gasteiger partial charge in [-0.15, -0.1) is 0 Å². The van der Waals surface area contributed by atoms with Crippen LogP contribution in [0.5, 0.6) is 0 Å². The number of carbonyl (C=O) groups excluding carboxylic acids is 1. The minimum Gasteiger partial charge on any atom is -0.385 e. The summed E-state index contributed by atoms with van der Waals surface area (Å²) in [6, 6.07) is 0. The third-order valence-corrected chi connectivity index (χ3v) is 3.87. The highest BCUT2D eigenvalue weighted by Crippen LogP contribution is 2.08. The van der Waals surface area contributed by atoms with Gasteiger partial charge < -0.3 is 15.0 Å². The molecule has 0 saturated heterocycles. The summed E-state index contributed by atoms with van der Waals surface area (Å²) < 4.78 is 5.00. The lowest BCUT2D eigenvalue weighted by atomic mass is 10.2. The summed E-state index contributed by atoms with van der Waals surface area (Å²) in [6.07, 6.45) is 5.17. The van der Waals surface area contributed by atoms with Crippen LogP contribution in [0.4, 0.5) is 0 Å². The van der Waals surface area contributed by atoms with Gasteiger partial charge in [0.15, 0.2) is 0 Å². The molecule has 0 radical (unpaired) electrons. The maximum atomic E-state index is 11.5. The number of nitrogens with one attached hydrogen (secondary N) is 1. The van der Waals surface area contributed by atoms with Gasteiger partial charge in [-0.05, 0) is 44.9 Å². The Kier molecular flexibility index (Phi) is 14.0. The largest absolute Gasteiger partial charge is 0.385 e. The zero-order chi connectivity index (χ0) is 14.3. The molecular formula is C14H30N2O2S. The van der Waals surface area contributed by atoms with E-state index in [2.05, 4.69) is 10.2 Å². The molecule has 19 heavy (non-hydrogen) atoms. The van der Waals surface area contributed by atoms with Crippen LogP contribution in [0.25, 0.3) is 0 Å². The quantitative estimate of drug-likeness (QED) is 0.527. The van der Waals surface area contributed by atoms with Crippen LogP contribution in [-0.2, 0) is 9.53 Å². The second-order valence-electron chi connectivity index (χ2n) is 4.92. The number of hydrogen-bond donors (Lipinski definition) is 1. The molecule has 1 amide bonds. The van der Waals surface area contributed by atoms with Gasteiger partial charge in [-0.25, -0.2) is 0 Å². The topological polar surface area (TPSA) is 41.6 Å². The van der Waals surface area contributed by atoms with E-state index in [1.807, 2.05) is 25.9 Å². The summed E-state index contributed by atoms with van der Waals surface area (Å²) in [5.74, 6) is 2.57. The number of nitrogens with zero attached hydrogens (tertiary/aromatic N) is 1. The number of likely N-dealkylation sites (N-methyl/N-ethyl adjacent to an activating group) is 1. The Balaban J connectivity index is 3.14. The minimum absolute atomic E-state index is 0.189. The number of thioether (sulfide) groups is 1. The van der Waals surface area contributed by atoms with E-state index in [-0.39, 0.29) is 5.91 Å². The molecule has 0 aromatic heterocycles. The van der Waals surface area contributed by atoms with Gasteiger partial charge in [0, 0.05) is 33.2 Å². The zero-order valence-corrected chi connectivity index (χ0v) is 13.6. The zero-order valence-electron chi connectivity index (χ0n) is 12.7. The Labute approximate surface area is 122 Å². The monoisotopic (exact) mass is 290 g/mol. The number of hydrogen-bond acceptors (Lipinski definition) is 4. The fourth-order valence-electron chi connectivity index (χ4n) is 1.58. The Morgan fingerprint density at radius 3 is 2.58 bits per heavy atom. The highest BCUT2D eigenvalue weighted by atomic mass is 32.2. The second kappa shape index (κ2) is 14.2. The van der Waals surface area contributed by atoms with Crippen molar-refractivity contribution in [3.8, 4) is 0 Å². The van der Waals surface area contributed by atoms with Gasteiger partial charge in [-0.3, -0.25) is 4.79 Å². The van der Waals surface area contributed by atoms with Crippen LogP contribution in [-0.4, -0.2) is 63.2 Å². The summed E-state index contributed by atoms with van der Waals surface area (Å²) in [6.45, 7) is 2.52. The average molecular weight is 290 g/mol. The lowest BCUT2D eigenvalue weighted by molar-refractivity contribution is -0.121. The first-order valence-corrected chi connectivity index (χ1v) is 8.30.